The Bertz CT molecular complexity index is 1010. The lowest BCUT2D eigenvalue weighted by atomic mass is 10.0. The predicted molar refractivity (Wildman–Crippen MR) is 111 cm³/mol. The highest BCUT2D eigenvalue weighted by Crippen LogP contribution is 2.22. The second kappa shape index (κ2) is 8.82. The molecule has 28 heavy (non-hydrogen) atoms. The molecule has 0 saturated heterocycles. The first-order valence-corrected chi connectivity index (χ1v) is 8.97. The molecule has 3 aromatic rings. The van der Waals surface area contributed by atoms with E-state index in [-0.39, 0.29) is 5.91 Å². The van der Waals surface area contributed by atoms with E-state index in [1.807, 2.05) is 66.7 Å². The van der Waals surface area contributed by atoms with Crippen molar-refractivity contribution in [3.63, 3.8) is 0 Å². The van der Waals surface area contributed by atoms with Gasteiger partial charge in [-0.25, -0.2) is 4.79 Å². The van der Waals surface area contributed by atoms with Gasteiger partial charge in [0, 0.05) is 17.7 Å². The van der Waals surface area contributed by atoms with Gasteiger partial charge in [-0.05, 0) is 53.5 Å². The fraction of sp³-hybridized carbons (Fsp3) is 0.0833. The standard InChI is InChI=1S/C24H21NO3/c1-17(24(27)28)14-18-10-12-20(13-11-18)22-9-5-6-19(15-22)16-25-23(26)21-7-3-2-4-8-21/h2-15H,16H2,1H3,(H,25,26)(H,27,28). The van der Waals surface area contributed by atoms with Gasteiger partial charge in [0.05, 0.1) is 0 Å². The van der Waals surface area contributed by atoms with Crippen LogP contribution < -0.4 is 5.32 Å². The van der Waals surface area contributed by atoms with E-state index in [1.165, 1.54) is 0 Å². The Labute approximate surface area is 164 Å². The number of rotatable bonds is 6. The minimum atomic E-state index is -0.922. The van der Waals surface area contributed by atoms with Crippen molar-refractivity contribution in [2.45, 2.75) is 13.5 Å². The number of carbonyl (C=O) groups is 2. The summed E-state index contributed by atoms with van der Waals surface area (Å²) in [4.78, 5) is 23.1. The third kappa shape index (κ3) is 4.95. The molecule has 0 fully saturated rings. The van der Waals surface area contributed by atoms with Crippen LogP contribution in [0.25, 0.3) is 17.2 Å². The lowest BCUT2D eigenvalue weighted by Gasteiger charge is -2.08. The van der Waals surface area contributed by atoms with Crippen LogP contribution in [0.2, 0.25) is 0 Å². The van der Waals surface area contributed by atoms with Gasteiger partial charge in [0.1, 0.15) is 0 Å². The van der Waals surface area contributed by atoms with E-state index in [0.29, 0.717) is 17.7 Å². The summed E-state index contributed by atoms with van der Waals surface area (Å²) in [6, 6.07) is 24.8. The molecule has 0 aromatic heterocycles. The second-order valence-corrected chi connectivity index (χ2v) is 6.50. The van der Waals surface area contributed by atoms with Crippen molar-refractivity contribution < 1.29 is 14.7 Å². The molecule has 1 amide bonds. The van der Waals surface area contributed by atoms with E-state index < -0.39 is 5.97 Å². The summed E-state index contributed by atoms with van der Waals surface area (Å²) in [5, 5.41) is 11.9. The van der Waals surface area contributed by atoms with Crippen LogP contribution in [0.15, 0.2) is 84.4 Å². The van der Waals surface area contributed by atoms with Gasteiger partial charge in [0.25, 0.3) is 5.91 Å². The molecule has 140 valence electrons. The highest BCUT2D eigenvalue weighted by atomic mass is 16.4. The maximum absolute atomic E-state index is 12.2. The molecule has 0 unspecified atom stereocenters. The monoisotopic (exact) mass is 371 g/mol. The number of aliphatic carboxylic acids is 1. The van der Waals surface area contributed by atoms with Gasteiger partial charge in [-0.15, -0.1) is 0 Å². The van der Waals surface area contributed by atoms with Crippen LogP contribution in [0, 0.1) is 0 Å². The Kier molecular flexibility index (Phi) is 6.02. The molecule has 4 nitrogen and oxygen atoms in total. The fourth-order valence-electron chi connectivity index (χ4n) is 2.82. The third-order valence-corrected chi connectivity index (χ3v) is 4.38. The number of hydrogen-bond donors (Lipinski definition) is 2. The Morgan fingerprint density at radius 1 is 0.893 bits per heavy atom. The second-order valence-electron chi connectivity index (χ2n) is 6.50. The molecule has 4 heteroatoms. The van der Waals surface area contributed by atoms with E-state index in [9.17, 15) is 9.59 Å². The topological polar surface area (TPSA) is 66.4 Å². The van der Waals surface area contributed by atoms with Crippen molar-refractivity contribution in [3.8, 4) is 11.1 Å². The fourth-order valence-corrected chi connectivity index (χ4v) is 2.82. The molecule has 0 heterocycles. The van der Waals surface area contributed by atoms with Crippen LogP contribution in [0.4, 0.5) is 0 Å². The lowest BCUT2D eigenvalue weighted by molar-refractivity contribution is -0.132. The van der Waals surface area contributed by atoms with Crippen LogP contribution in [-0.4, -0.2) is 17.0 Å². The highest BCUT2D eigenvalue weighted by molar-refractivity contribution is 5.94. The van der Waals surface area contributed by atoms with Gasteiger partial charge in [-0.1, -0.05) is 60.7 Å². The maximum atomic E-state index is 12.2. The van der Waals surface area contributed by atoms with E-state index in [1.54, 1.807) is 25.1 Å². The van der Waals surface area contributed by atoms with Gasteiger partial charge in [-0.3, -0.25) is 4.79 Å². The van der Waals surface area contributed by atoms with Crippen LogP contribution in [0.3, 0.4) is 0 Å². The normalized spacial score (nSPS) is 11.1. The summed E-state index contributed by atoms with van der Waals surface area (Å²) in [6.45, 7) is 2.02. The molecule has 0 spiro atoms. The van der Waals surface area contributed by atoms with E-state index in [0.717, 1.165) is 22.3 Å². The maximum Gasteiger partial charge on any atom is 0.331 e. The predicted octanol–water partition coefficient (Wildman–Crippen LogP) is 4.77. The largest absolute Gasteiger partial charge is 0.478 e. The number of nitrogens with one attached hydrogen (secondary N) is 1. The Morgan fingerprint density at radius 2 is 1.61 bits per heavy atom. The number of carboxylic acid groups (broad SMARTS) is 1. The molecule has 0 aliphatic rings. The third-order valence-electron chi connectivity index (χ3n) is 4.38. The zero-order valence-corrected chi connectivity index (χ0v) is 15.6. The molecule has 0 atom stereocenters. The SMILES string of the molecule is CC(=Cc1ccc(-c2cccc(CNC(=O)c3ccccc3)c2)cc1)C(=O)O. The molecule has 3 aromatic carbocycles. The van der Waals surface area contributed by atoms with Gasteiger partial charge in [0.2, 0.25) is 0 Å². The first kappa shape index (κ1) is 19.1. The van der Waals surface area contributed by atoms with Crippen molar-refractivity contribution in [2.24, 2.45) is 0 Å². The minimum absolute atomic E-state index is 0.101. The first-order valence-electron chi connectivity index (χ1n) is 8.97. The van der Waals surface area contributed by atoms with Crippen molar-refractivity contribution in [1.82, 2.24) is 5.32 Å². The molecular weight excluding hydrogens is 350 g/mol. The van der Waals surface area contributed by atoms with Crippen LogP contribution in [0.5, 0.6) is 0 Å². The van der Waals surface area contributed by atoms with Crippen LogP contribution in [0.1, 0.15) is 28.4 Å². The number of hydrogen-bond acceptors (Lipinski definition) is 2. The summed E-state index contributed by atoms with van der Waals surface area (Å²) in [7, 11) is 0. The molecule has 0 aliphatic carbocycles. The van der Waals surface area contributed by atoms with Crippen molar-refractivity contribution in [1.29, 1.82) is 0 Å². The molecule has 0 bridgehead atoms. The average Bonchev–Trinajstić information content (AvgIpc) is 2.73. The molecule has 0 saturated carbocycles. The summed E-state index contributed by atoms with van der Waals surface area (Å²) in [5.74, 6) is -1.02. The molecule has 3 rings (SSSR count). The highest BCUT2D eigenvalue weighted by Gasteiger charge is 2.05. The van der Waals surface area contributed by atoms with Crippen molar-refractivity contribution in [2.75, 3.05) is 0 Å². The average molecular weight is 371 g/mol. The first-order chi connectivity index (χ1) is 13.5. The smallest absolute Gasteiger partial charge is 0.331 e. The summed E-state index contributed by atoms with van der Waals surface area (Å²) in [5.41, 5.74) is 4.85. The molecule has 0 aliphatic heterocycles. The van der Waals surface area contributed by atoms with Gasteiger partial charge >= 0.3 is 5.97 Å². The molecule has 0 radical (unpaired) electrons. The number of amides is 1. The quantitative estimate of drug-likeness (QED) is 0.613. The molecule has 2 N–H and O–H groups in total. The lowest BCUT2D eigenvalue weighted by Crippen LogP contribution is -2.22. The summed E-state index contributed by atoms with van der Waals surface area (Å²) in [6.07, 6.45) is 1.64. The van der Waals surface area contributed by atoms with E-state index in [2.05, 4.69) is 5.32 Å². The summed E-state index contributed by atoms with van der Waals surface area (Å²) >= 11 is 0. The number of carboxylic acids is 1. The Balaban J connectivity index is 1.70. The van der Waals surface area contributed by atoms with Crippen LogP contribution in [-0.2, 0) is 11.3 Å². The van der Waals surface area contributed by atoms with Gasteiger partial charge in [0.15, 0.2) is 0 Å². The van der Waals surface area contributed by atoms with Crippen molar-refractivity contribution >= 4 is 18.0 Å². The zero-order chi connectivity index (χ0) is 19.9. The summed E-state index contributed by atoms with van der Waals surface area (Å²) < 4.78 is 0. The van der Waals surface area contributed by atoms with E-state index >= 15 is 0 Å². The Morgan fingerprint density at radius 3 is 2.29 bits per heavy atom. The number of benzene rings is 3. The van der Waals surface area contributed by atoms with E-state index in [4.69, 9.17) is 5.11 Å². The zero-order valence-electron chi connectivity index (χ0n) is 15.6. The van der Waals surface area contributed by atoms with Crippen LogP contribution >= 0.6 is 0 Å². The Hall–Kier alpha value is -3.66. The van der Waals surface area contributed by atoms with Gasteiger partial charge in [-0.2, -0.15) is 0 Å². The van der Waals surface area contributed by atoms with Gasteiger partial charge < -0.3 is 10.4 Å². The minimum Gasteiger partial charge on any atom is -0.478 e. The molecular formula is C24H21NO3. The van der Waals surface area contributed by atoms with Crippen molar-refractivity contribution in [3.05, 3.63) is 101 Å². The number of carbonyl (C=O) groups excluding carboxylic acids is 1.